The predicted molar refractivity (Wildman–Crippen MR) is 85.2 cm³/mol. The van der Waals surface area contributed by atoms with Crippen molar-refractivity contribution in [2.45, 2.75) is 33.2 Å². The van der Waals surface area contributed by atoms with Crippen molar-refractivity contribution in [2.75, 3.05) is 6.54 Å². The Morgan fingerprint density at radius 1 is 1.25 bits per heavy atom. The molecule has 3 nitrogen and oxygen atoms in total. The second-order valence-electron chi connectivity index (χ2n) is 5.61. The van der Waals surface area contributed by atoms with Gasteiger partial charge in [0.25, 0.3) is 0 Å². The van der Waals surface area contributed by atoms with Crippen LogP contribution in [-0.4, -0.2) is 16.3 Å². The summed E-state index contributed by atoms with van der Waals surface area (Å²) in [6.45, 7) is 6.31. The molecule has 20 heavy (non-hydrogen) atoms. The van der Waals surface area contributed by atoms with E-state index in [0.717, 1.165) is 34.9 Å². The zero-order valence-corrected chi connectivity index (χ0v) is 13.6. The minimum Gasteiger partial charge on any atom is -0.312 e. The first kappa shape index (κ1) is 13.8. The maximum absolute atomic E-state index is 4.68. The molecule has 0 unspecified atom stereocenters. The van der Waals surface area contributed by atoms with Gasteiger partial charge in [0.15, 0.2) is 0 Å². The van der Waals surface area contributed by atoms with Crippen LogP contribution in [0.2, 0.25) is 0 Å². The van der Waals surface area contributed by atoms with Gasteiger partial charge in [-0.1, -0.05) is 15.9 Å². The number of halogens is 1. The lowest BCUT2D eigenvalue weighted by Gasteiger charge is -2.06. The average molecular weight is 334 g/mol. The highest BCUT2D eigenvalue weighted by Gasteiger charge is 2.21. The van der Waals surface area contributed by atoms with Crippen LogP contribution < -0.4 is 5.32 Å². The Bertz CT molecular complexity index is 597. The number of aromatic nitrogens is 2. The van der Waals surface area contributed by atoms with Gasteiger partial charge < -0.3 is 5.32 Å². The fourth-order valence-electron chi connectivity index (χ4n) is 2.49. The van der Waals surface area contributed by atoms with Crippen molar-refractivity contribution in [1.29, 1.82) is 0 Å². The molecule has 1 saturated carbocycles. The number of hydrogen-bond donors (Lipinski definition) is 1. The standard InChI is InChI=1S/C16H20BrN3/c1-11-16(10-18-9-13-3-4-13)12(2)20(19-11)15-7-5-14(17)6-8-15/h5-8,13,18H,3-4,9-10H2,1-2H3. The highest BCUT2D eigenvalue weighted by molar-refractivity contribution is 9.10. The number of benzene rings is 1. The summed E-state index contributed by atoms with van der Waals surface area (Å²) in [6, 6.07) is 8.28. The van der Waals surface area contributed by atoms with Crippen LogP contribution >= 0.6 is 15.9 Å². The quantitative estimate of drug-likeness (QED) is 0.902. The number of aryl methyl sites for hydroxylation is 1. The lowest BCUT2D eigenvalue weighted by atomic mass is 10.2. The van der Waals surface area contributed by atoms with Gasteiger partial charge in [-0.25, -0.2) is 4.68 Å². The zero-order chi connectivity index (χ0) is 14.1. The van der Waals surface area contributed by atoms with Gasteiger partial charge in [0.1, 0.15) is 0 Å². The zero-order valence-electron chi connectivity index (χ0n) is 12.0. The summed E-state index contributed by atoms with van der Waals surface area (Å²) in [4.78, 5) is 0. The SMILES string of the molecule is Cc1nn(-c2ccc(Br)cc2)c(C)c1CNCC1CC1. The lowest BCUT2D eigenvalue weighted by molar-refractivity contribution is 0.635. The second kappa shape index (κ2) is 5.70. The number of hydrogen-bond acceptors (Lipinski definition) is 2. The molecular weight excluding hydrogens is 314 g/mol. The van der Waals surface area contributed by atoms with E-state index in [1.807, 2.05) is 4.68 Å². The van der Waals surface area contributed by atoms with E-state index in [2.05, 4.69) is 64.5 Å². The Morgan fingerprint density at radius 3 is 2.60 bits per heavy atom. The van der Waals surface area contributed by atoms with E-state index >= 15 is 0 Å². The predicted octanol–water partition coefficient (Wildman–Crippen LogP) is 3.75. The molecule has 106 valence electrons. The molecule has 0 aliphatic heterocycles. The lowest BCUT2D eigenvalue weighted by Crippen LogP contribution is -2.17. The van der Waals surface area contributed by atoms with Crippen LogP contribution in [0, 0.1) is 19.8 Å². The van der Waals surface area contributed by atoms with E-state index in [4.69, 9.17) is 0 Å². The van der Waals surface area contributed by atoms with Crippen LogP contribution in [0.4, 0.5) is 0 Å². The minimum absolute atomic E-state index is 0.914. The Kier molecular flexibility index (Phi) is 3.94. The van der Waals surface area contributed by atoms with Crippen LogP contribution in [-0.2, 0) is 6.54 Å². The molecule has 1 aromatic carbocycles. The third-order valence-electron chi connectivity index (χ3n) is 3.94. The van der Waals surface area contributed by atoms with Crippen LogP contribution in [0.5, 0.6) is 0 Å². The molecule has 1 aromatic heterocycles. The van der Waals surface area contributed by atoms with Gasteiger partial charge in [0.2, 0.25) is 0 Å². The number of nitrogens with one attached hydrogen (secondary N) is 1. The molecule has 0 spiro atoms. The minimum atomic E-state index is 0.914. The largest absolute Gasteiger partial charge is 0.312 e. The number of rotatable bonds is 5. The van der Waals surface area contributed by atoms with Gasteiger partial charge in [0.05, 0.1) is 11.4 Å². The van der Waals surface area contributed by atoms with Crippen molar-refractivity contribution >= 4 is 15.9 Å². The first-order valence-corrected chi connectivity index (χ1v) is 7.96. The average Bonchev–Trinajstić information content (AvgIpc) is 3.21. The van der Waals surface area contributed by atoms with E-state index in [1.54, 1.807) is 0 Å². The van der Waals surface area contributed by atoms with Gasteiger partial charge in [-0.15, -0.1) is 0 Å². The Morgan fingerprint density at radius 2 is 1.95 bits per heavy atom. The van der Waals surface area contributed by atoms with Gasteiger partial charge in [-0.05, 0) is 63.4 Å². The van der Waals surface area contributed by atoms with E-state index < -0.39 is 0 Å². The topological polar surface area (TPSA) is 29.9 Å². The number of nitrogens with zero attached hydrogens (tertiary/aromatic N) is 2. The van der Waals surface area contributed by atoms with Gasteiger partial charge >= 0.3 is 0 Å². The van der Waals surface area contributed by atoms with Gasteiger partial charge in [-0.2, -0.15) is 5.10 Å². The van der Waals surface area contributed by atoms with Gasteiger partial charge in [0, 0.05) is 22.3 Å². The molecule has 3 rings (SSSR count). The summed E-state index contributed by atoms with van der Waals surface area (Å²) in [5.41, 5.74) is 4.79. The molecule has 1 fully saturated rings. The van der Waals surface area contributed by atoms with E-state index in [1.165, 1.54) is 24.1 Å². The summed E-state index contributed by atoms with van der Waals surface area (Å²) < 4.78 is 3.13. The third kappa shape index (κ3) is 2.96. The van der Waals surface area contributed by atoms with E-state index in [9.17, 15) is 0 Å². The monoisotopic (exact) mass is 333 g/mol. The highest BCUT2D eigenvalue weighted by Crippen LogP contribution is 2.28. The van der Waals surface area contributed by atoms with Crippen molar-refractivity contribution in [1.82, 2.24) is 15.1 Å². The van der Waals surface area contributed by atoms with Crippen molar-refractivity contribution in [3.63, 3.8) is 0 Å². The van der Waals surface area contributed by atoms with Crippen molar-refractivity contribution in [2.24, 2.45) is 5.92 Å². The van der Waals surface area contributed by atoms with Crippen molar-refractivity contribution in [3.8, 4) is 5.69 Å². The first-order valence-electron chi connectivity index (χ1n) is 7.17. The molecule has 1 heterocycles. The molecule has 2 aromatic rings. The molecule has 0 atom stereocenters. The molecule has 0 amide bonds. The molecule has 1 aliphatic carbocycles. The van der Waals surface area contributed by atoms with Crippen LogP contribution in [0.3, 0.4) is 0 Å². The third-order valence-corrected chi connectivity index (χ3v) is 4.47. The fourth-order valence-corrected chi connectivity index (χ4v) is 2.75. The molecular formula is C16H20BrN3. The summed E-state index contributed by atoms with van der Waals surface area (Å²) in [5.74, 6) is 0.914. The maximum atomic E-state index is 4.68. The summed E-state index contributed by atoms with van der Waals surface area (Å²) in [6.07, 6.45) is 2.78. The Balaban J connectivity index is 1.79. The van der Waals surface area contributed by atoms with Crippen LogP contribution in [0.25, 0.3) is 5.69 Å². The smallest absolute Gasteiger partial charge is 0.0649 e. The second-order valence-corrected chi connectivity index (χ2v) is 6.53. The Labute approximate surface area is 128 Å². The molecule has 0 saturated heterocycles. The highest BCUT2D eigenvalue weighted by atomic mass is 79.9. The first-order chi connectivity index (χ1) is 9.65. The summed E-state index contributed by atoms with van der Waals surface area (Å²) in [7, 11) is 0. The van der Waals surface area contributed by atoms with Crippen molar-refractivity contribution < 1.29 is 0 Å². The fraction of sp³-hybridized carbons (Fsp3) is 0.438. The van der Waals surface area contributed by atoms with Crippen LogP contribution in [0.1, 0.15) is 29.8 Å². The molecule has 1 N–H and O–H groups in total. The summed E-state index contributed by atoms with van der Waals surface area (Å²) in [5, 5.41) is 8.24. The van der Waals surface area contributed by atoms with Gasteiger partial charge in [-0.3, -0.25) is 0 Å². The molecule has 4 heteroatoms. The summed E-state index contributed by atoms with van der Waals surface area (Å²) >= 11 is 3.47. The molecule has 0 bridgehead atoms. The maximum Gasteiger partial charge on any atom is 0.0649 e. The normalized spacial score (nSPS) is 14.8. The van der Waals surface area contributed by atoms with E-state index in [-0.39, 0.29) is 0 Å². The van der Waals surface area contributed by atoms with Crippen LogP contribution in [0.15, 0.2) is 28.7 Å². The van der Waals surface area contributed by atoms with Crippen molar-refractivity contribution in [3.05, 3.63) is 45.7 Å². The van der Waals surface area contributed by atoms with E-state index in [0.29, 0.717) is 0 Å². The Hall–Kier alpha value is -1.13. The molecule has 1 aliphatic rings. The molecule has 0 radical (unpaired) electrons.